The molecule has 2 heterocycles. The van der Waals surface area contributed by atoms with Gasteiger partial charge in [0.1, 0.15) is 10.6 Å². The van der Waals surface area contributed by atoms with E-state index in [9.17, 15) is 14.9 Å². The van der Waals surface area contributed by atoms with E-state index in [0.29, 0.717) is 10.7 Å². The molecule has 0 saturated heterocycles. The first-order valence-electron chi connectivity index (χ1n) is 6.36. The summed E-state index contributed by atoms with van der Waals surface area (Å²) >= 11 is 6.10. The number of primary amides is 1. The molecule has 0 atom stereocenters. The number of nitrogens with zero attached hydrogens (tertiary/aromatic N) is 3. The second kappa shape index (κ2) is 5.58. The average molecular weight is 333 g/mol. The first-order chi connectivity index (χ1) is 11.0. The smallest absolute Gasteiger partial charge is 0.399 e. The van der Waals surface area contributed by atoms with E-state index in [1.165, 1.54) is 23.0 Å². The molecule has 0 aliphatic rings. The molecule has 0 fully saturated rings. The number of carbonyl (C=O) groups is 1. The highest BCUT2D eigenvalue weighted by atomic mass is 35.5. The van der Waals surface area contributed by atoms with Crippen LogP contribution in [0.2, 0.25) is 5.02 Å². The maximum atomic E-state index is 11.6. The Labute approximate surface area is 134 Å². The number of nitro groups is 1. The van der Waals surface area contributed by atoms with Gasteiger partial charge < -0.3 is 10.2 Å². The van der Waals surface area contributed by atoms with Crippen LogP contribution in [0, 0.1) is 10.1 Å². The predicted octanol–water partition coefficient (Wildman–Crippen LogP) is 2.79. The van der Waals surface area contributed by atoms with Gasteiger partial charge in [-0.25, -0.2) is 4.68 Å². The third-order valence-electron chi connectivity index (χ3n) is 3.08. The highest BCUT2D eigenvalue weighted by Gasteiger charge is 2.22. The van der Waals surface area contributed by atoms with Crippen molar-refractivity contribution in [1.29, 1.82) is 0 Å². The molecular formula is C14H9ClN4O4. The standard InChI is InChI=1S/C14H9ClN4O4/c15-9-3-1-2-4-10(9)18-7-8(14(16)20)13(17-18)11-5-6-12(23-11)19(21)22/h1-7H,(H2,16,20). The molecule has 8 nitrogen and oxygen atoms in total. The highest BCUT2D eigenvalue weighted by molar-refractivity contribution is 6.32. The molecule has 23 heavy (non-hydrogen) atoms. The largest absolute Gasteiger partial charge is 0.433 e. The monoisotopic (exact) mass is 332 g/mol. The number of amides is 1. The van der Waals surface area contributed by atoms with Crippen molar-refractivity contribution < 1.29 is 14.1 Å². The summed E-state index contributed by atoms with van der Waals surface area (Å²) in [5, 5.41) is 15.4. The number of para-hydroxylation sites is 1. The number of carbonyl (C=O) groups excluding carboxylic acids is 1. The molecule has 0 aliphatic carbocycles. The number of nitrogens with two attached hydrogens (primary N) is 1. The second-order valence-electron chi connectivity index (χ2n) is 4.55. The van der Waals surface area contributed by atoms with E-state index in [0.717, 1.165) is 0 Å². The number of furan rings is 1. The SMILES string of the molecule is NC(=O)c1cn(-c2ccccc2Cl)nc1-c1ccc([N+](=O)[O-])o1. The first kappa shape index (κ1) is 14.8. The van der Waals surface area contributed by atoms with Gasteiger partial charge in [-0.3, -0.25) is 14.9 Å². The van der Waals surface area contributed by atoms with Crippen molar-refractivity contribution in [3.05, 3.63) is 63.3 Å². The molecule has 116 valence electrons. The van der Waals surface area contributed by atoms with Gasteiger partial charge in [0, 0.05) is 6.20 Å². The van der Waals surface area contributed by atoms with Crippen molar-refractivity contribution in [2.75, 3.05) is 0 Å². The fraction of sp³-hybridized carbons (Fsp3) is 0. The van der Waals surface area contributed by atoms with Gasteiger partial charge in [0.2, 0.25) is 0 Å². The van der Waals surface area contributed by atoms with E-state index in [4.69, 9.17) is 21.8 Å². The first-order valence-corrected chi connectivity index (χ1v) is 6.74. The van der Waals surface area contributed by atoms with Gasteiger partial charge in [-0.2, -0.15) is 5.10 Å². The maximum Gasteiger partial charge on any atom is 0.433 e. The lowest BCUT2D eigenvalue weighted by Gasteiger charge is -2.02. The summed E-state index contributed by atoms with van der Waals surface area (Å²) in [5.74, 6) is -1.13. The predicted molar refractivity (Wildman–Crippen MR) is 81.4 cm³/mol. The minimum Gasteiger partial charge on any atom is -0.399 e. The number of benzene rings is 1. The Balaban J connectivity index is 2.15. The van der Waals surface area contributed by atoms with Gasteiger partial charge in [-0.1, -0.05) is 23.7 Å². The van der Waals surface area contributed by atoms with E-state index in [-0.39, 0.29) is 17.0 Å². The normalized spacial score (nSPS) is 10.7. The van der Waals surface area contributed by atoms with Crippen molar-refractivity contribution in [3.8, 4) is 17.1 Å². The third-order valence-corrected chi connectivity index (χ3v) is 3.40. The number of hydrogen-bond acceptors (Lipinski definition) is 5. The summed E-state index contributed by atoms with van der Waals surface area (Å²) < 4.78 is 6.45. The van der Waals surface area contributed by atoms with E-state index in [1.54, 1.807) is 24.3 Å². The molecule has 0 radical (unpaired) electrons. The zero-order chi connectivity index (χ0) is 16.6. The second-order valence-corrected chi connectivity index (χ2v) is 4.95. The summed E-state index contributed by atoms with van der Waals surface area (Å²) in [6.45, 7) is 0. The fourth-order valence-corrected chi connectivity index (χ4v) is 2.27. The Morgan fingerprint density at radius 2 is 2.04 bits per heavy atom. The van der Waals surface area contributed by atoms with E-state index < -0.39 is 16.7 Å². The van der Waals surface area contributed by atoms with Crippen molar-refractivity contribution in [2.45, 2.75) is 0 Å². The Morgan fingerprint density at radius 1 is 1.30 bits per heavy atom. The Morgan fingerprint density at radius 3 is 2.65 bits per heavy atom. The van der Waals surface area contributed by atoms with Crippen LogP contribution in [0.1, 0.15) is 10.4 Å². The molecule has 3 aromatic rings. The number of halogens is 1. The lowest BCUT2D eigenvalue weighted by molar-refractivity contribution is -0.401. The van der Waals surface area contributed by atoms with Crippen LogP contribution in [0.3, 0.4) is 0 Å². The maximum absolute atomic E-state index is 11.6. The minimum atomic E-state index is -0.739. The van der Waals surface area contributed by atoms with Crippen LogP contribution < -0.4 is 5.73 Å². The molecule has 0 aliphatic heterocycles. The summed E-state index contributed by atoms with van der Waals surface area (Å²) in [5.41, 5.74) is 6.05. The summed E-state index contributed by atoms with van der Waals surface area (Å²) in [6.07, 6.45) is 1.40. The summed E-state index contributed by atoms with van der Waals surface area (Å²) in [6, 6.07) is 9.40. The lowest BCUT2D eigenvalue weighted by Crippen LogP contribution is -2.11. The van der Waals surface area contributed by atoms with Gasteiger partial charge in [0.05, 0.1) is 22.3 Å². The van der Waals surface area contributed by atoms with Crippen molar-refractivity contribution in [2.24, 2.45) is 5.73 Å². The third kappa shape index (κ3) is 2.67. The minimum absolute atomic E-state index is 0.0640. The number of rotatable bonds is 4. The molecule has 2 aromatic heterocycles. The molecule has 0 unspecified atom stereocenters. The van der Waals surface area contributed by atoms with Crippen LogP contribution in [0.25, 0.3) is 17.1 Å². The van der Waals surface area contributed by atoms with Gasteiger partial charge in [0.25, 0.3) is 5.91 Å². The average Bonchev–Trinajstić information content (AvgIpc) is 3.14. The highest BCUT2D eigenvalue weighted by Crippen LogP contribution is 2.29. The Kier molecular flexibility index (Phi) is 3.59. The molecule has 2 N–H and O–H groups in total. The van der Waals surface area contributed by atoms with Gasteiger partial charge in [0.15, 0.2) is 5.76 Å². The molecule has 0 spiro atoms. The van der Waals surface area contributed by atoms with Crippen LogP contribution in [0.4, 0.5) is 5.88 Å². The van der Waals surface area contributed by atoms with Crippen LogP contribution in [-0.4, -0.2) is 20.6 Å². The van der Waals surface area contributed by atoms with Gasteiger partial charge in [-0.15, -0.1) is 0 Å². The molecule has 1 amide bonds. The number of aromatic nitrogens is 2. The summed E-state index contributed by atoms with van der Waals surface area (Å²) in [7, 11) is 0. The topological polar surface area (TPSA) is 117 Å². The zero-order valence-corrected chi connectivity index (χ0v) is 12.2. The molecule has 9 heteroatoms. The fourth-order valence-electron chi connectivity index (χ4n) is 2.05. The zero-order valence-electron chi connectivity index (χ0n) is 11.5. The van der Waals surface area contributed by atoms with Crippen molar-refractivity contribution in [3.63, 3.8) is 0 Å². The van der Waals surface area contributed by atoms with Gasteiger partial charge in [-0.05, 0) is 18.2 Å². The van der Waals surface area contributed by atoms with E-state index >= 15 is 0 Å². The molecular weight excluding hydrogens is 324 g/mol. The van der Waals surface area contributed by atoms with Crippen LogP contribution in [0.5, 0.6) is 0 Å². The van der Waals surface area contributed by atoms with E-state index in [2.05, 4.69) is 5.10 Å². The van der Waals surface area contributed by atoms with Gasteiger partial charge >= 0.3 is 5.88 Å². The number of hydrogen-bond donors (Lipinski definition) is 1. The molecule has 3 rings (SSSR count). The molecule has 0 saturated carbocycles. The summed E-state index contributed by atoms with van der Waals surface area (Å²) in [4.78, 5) is 21.7. The lowest BCUT2D eigenvalue weighted by atomic mass is 10.2. The van der Waals surface area contributed by atoms with Crippen molar-refractivity contribution >= 4 is 23.4 Å². The Bertz CT molecular complexity index is 915. The molecule has 1 aromatic carbocycles. The van der Waals surface area contributed by atoms with Crippen LogP contribution in [-0.2, 0) is 0 Å². The quantitative estimate of drug-likeness (QED) is 0.582. The van der Waals surface area contributed by atoms with Crippen molar-refractivity contribution in [1.82, 2.24) is 9.78 Å². The molecule has 0 bridgehead atoms. The van der Waals surface area contributed by atoms with E-state index in [1.807, 2.05) is 0 Å². The van der Waals surface area contributed by atoms with Crippen LogP contribution in [0.15, 0.2) is 47.0 Å². The van der Waals surface area contributed by atoms with Crippen LogP contribution >= 0.6 is 11.6 Å². The Hall–Kier alpha value is -3.13.